The molecule has 0 spiro atoms. The average Bonchev–Trinajstić information content (AvgIpc) is 2.73. The van der Waals surface area contributed by atoms with Crippen molar-refractivity contribution in [1.82, 2.24) is 20.0 Å². The van der Waals surface area contributed by atoms with Gasteiger partial charge in [0.05, 0.1) is 18.8 Å². The van der Waals surface area contributed by atoms with E-state index in [1.54, 1.807) is 17.8 Å². The van der Waals surface area contributed by atoms with E-state index in [1.165, 1.54) is 0 Å². The highest BCUT2D eigenvalue weighted by molar-refractivity contribution is 5.79. The van der Waals surface area contributed by atoms with Crippen LogP contribution in [-0.4, -0.2) is 39.7 Å². The van der Waals surface area contributed by atoms with Crippen LogP contribution >= 0.6 is 0 Å². The van der Waals surface area contributed by atoms with E-state index in [4.69, 9.17) is 0 Å². The highest BCUT2D eigenvalue weighted by Gasteiger charge is 2.30. The van der Waals surface area contributed by atoms with Gasteiger partial charge < -0.3 is 5.32 Å². The van der Waals surface area contributed by atoms with Gasteiger partial charge in [-0.2, -0.15) is 10.4 Å². The Morgan fingerprint density at radius 3 is 2.75 bits per heavy atom. The molecule has 0 bridgehead atoms. The number of carbonyl (C=O) groups is 1. The standard InChI is InChI=1S/C14H23N5O/c1-11(2)14(3,10-15)17-13(20)9-18(4)7-12-6-16-19(5)8-12/h6,8,11H,7,9H2,1-5H3,(H,17,20). The quantitative estimate of drug-likeness (QED) is 0.838. The van der Waals surface area contributed by atoms with Crippen molar-refractivity contribution in [3.63, 3.8) is 0 Å². The van der Waals surface area contributed by atoms with Gasteiger partial charge in [-0.15, -0.1) is 0 Å². The number of nitrogens with one attached hydrogen (secondary N) is 1. The first-order valence-electron chi connectivity index (χ1n) is 6.65. The molecule has 0 radical (unpaired) electrons. The van der Waals surface area contributed by atoms with Crippen LogP contribution in [0.4, 0.5) is 0 Å². The fourth-order valence-electron chi connectivity index (χ4n) is 1.80. The molecule has 1 heterocycles. The minimum atomic E-state index is -0.827. The number of likely N-dealkylation sites (N-methyl/N-ethyl adjacent to an activating group) is 1. The molecule has 1 rings (SSSR count). The van der Waals surface area contributed by atoms with Crippen molar-refractivity contribution in [3.05, 3.63) is 18.0 Å². The van der Waals surface area contributed by atoms with Crippen LogP contribution in [0.1, 0.15) is 26.3 Å². The van der Waals surface area contributed by atoms with E-state index in [0.29, 0.717) is 6.54 Å². The molecule has 110 valence electrons. The van der Waals surface area contributed by atoms with Gasteiger partial charge in [0.15, 0.2) is 0 Å². The summed E-state index contributed by atoms with van der Waals surface area (Å²) in [7, 11) is 3.73. The molecule has 20 heavy (non-hydrogen) atoms. The van der Waals surface area contributed by atoms with Crippen LogP contribution in [0, 0.1) is 17.2 Å². The molecule has 1 amide bonds. The summed E-state index contributed by atoms with van der Waals surface area (Å²) in [6.07, 6.45) is 3.70. The maximum atomic E-state index is 12.0. The summed E-state index contributed by atoms with van der Waals surface area (Å²) in [6, 6.07) is 2.17. The van der Waals surface area contributed by atoms with Crippen LogP contribution < -0.4 is 5.32 Å². The first-order valence-corrected chi connectivity index (χ1v) is 6.65. The monoisotopic (exact) mass is 277 g/mol. The minimum absolute atomic E-state index is 0.0556. The van der Waals surface area contributed by atoms with Crippen LogP contribution in [0.3, 0.4) is 0 Å². The minimum Gasteiger partial charge on any atom is -0.337 e. The van der Waals surface area contributed by atoms with Crippen molar-refractivity contribution in [1.29, 1.82) is 5.26 Å². The van der Waals surface area contributed by atoms with E-state index in [9.17, 15) is 10.1 Å². The summed E-state index contributed by atoms with van der Waals surface area (Å²) in [6.45, 7) is 6.48. The van der Waals surface area contributed by atoms with E-state index in [1.807, 2.05) is 39.0 Å². The summed E-state index contributed by atoms with van der Waals surface area (Å²) in [4.78, 5) is 13.9. The van der Waals surface area contributed by atoms with Gasteiger partial charge in [0.2, 0.25) is 5.91 Å². The van der Waals surface area contributed by atoms with Crippen molar-refractivity contribution in [2.24, 2.45) is 13.0 Å². The second-order valence-corrected chi connectivity index (χ2v) is 5.71. The van der Waals surface area contributed by atoms with Gasteiger partial charge in [-0.1, -0.05) is 13.8 Å². The molecule has 1 aromatic rings. The summed E-state index contributed by atoms with van der Waals surface area (Å²) in [5, 5.41) is 16.1. The van der Waals surface area contributed by atoms with Crippen molar-refractivity contribution in [2.45, 2.75) is 32.9 Å². The van der Waals surface area contributed by atoms with Gasteiger partial charge in [-0.25, -0.2) is 0 Å². The highest BCUT2D eigenvalue weighted by atomic mass is 16.2. The van der Waals surface area contributed by atoms with Crippen molar-refractivity contribution in [3.8, 4) is 6.07 Å². The Morgan fingerprint density at radius 1 is 1.65 bits per heavy atom. The maximum absolute atomic E-state index is 12.0. The predicted molar refractivity (Wildman–Crippen MR) is 76.5 cm³/mol. The molecule has 6 heteroatoms. The van der Waals surface area contributed by atoms with Gasteiger partial charge in [-0.3, -0.25) is 14.4 Å². The van der Waals surface area contributed by atoms with E-state index in [2.05, 4.69) is 16.5 Å². The van der Waals surface area contributed by atoms with Crippen LogP contribution in [0.15, 0.2) is 12.4 Å². The van der Waals surface area contributed by atoms with E-state index in [0.717, 1.165) is 5.56 Å². The zero-order valence-electron chi connectivity index (χ0n) is 12.8. The zero-order chi connectivity index (χ0) is 15.3. The van der Waals surface area contributed by atoms with Crippen LogP contribution in [0.2, 0.25) is 0 Å². The van der Waals surface area contributed by atoms with Crippen molar-refractivity contribution < 1.29 is 4.79 Å². The Hall–Kier alpha value is -1.87. The normalized spacial score (nSPS) is 14.1. The fraction of sp³-hybridized carbons (Fsp3) is 0.643. The van der Waals surface area contributed by atoms with E-state index < -0.39 is 5.54 Å². The largest absolute Gasteiger partial charge is 0.337 e. The number of amides is 1. The molecule has 0 aliphatic rings. The summed E-state index contributed by atoms with van der Waals surface area (Å²) in [5.41, 5.74) is 0.223. The summed E-state index contributed by atoms with van der Waals surface area (Å²) < 4.78 is 1.73. The maximum Gasteiger partial charge on any atom is 0.235 e. The van der Waals surface area contributed by atoms with Gasteiger partial charge in [0, 0.05) is 25.4 Å². The van der Waals surface area contributed by atoms with Gasteiger partial charge in [-0.05, 0) is 19.9 Å². The second kappa shape index (κ2) is 6.53. The molecular formula is C14H23N5O. The molecule has 0 saturated heterocycles. The van der Waals surface area contributed by atoms with Crippen LogP contribution in [-0.2, 0) is 18.4 Å². The number of aromatic nitrogens is 2. The first kappa shape index (κ1) is 16.2. The number of hydrogen-bond acceptors (Lipinski definition) is 4. The number of nitriles is 1. The van der Waals surface area contributed by atoms with Gasteiger partial charge in [0.25, 0.3) is 0 Å². The third-order valence-corrected chi connectivity index (χ3v) is 3.41. The predicted octanol–water partition coefficient (Wildman–Crippen LogP) is 0.906. The smallest absolute Gasteiger partial charge is 0.235 e. The van der Waals surface area contributed by atoms with Crippen LogP contribution in [0.5, 0.6) is 0 Å². The Balaban J connectivity index is 2.52. The topological polar surface area (TPSA) is 74.0 Å². The van der Waals surface area contributed by atoms with Gasteiger partial charge >= 0.3 is 0 Å². The van der Waals surface area contributed by atoms with Crippen LogP contribution in [0.25, 0.3) is 0 Å². The molecule has 1 unspecified atom stereocenters. The second-order valence-electron chi connectivity index (χ2n) is 5.71. The Morgan fingerprint density at radius 2 is 2.30 bits per heavy atom. The molecule has 1 N–H and O–H groups in total. The molecule has 6 nitrogen and oxygen atoms in total. The fourth-order valence-corrected chi connectivity index (χ4v) is 1.80. The molecule has 1 atom stereocenters. The lowest BCUT2D eigenvalue weighted by Crippen LogP contribution is -2.51. The highest BCUT2D eigenvalue weighted by Crippen LogP contribution is 2.14. The molecule has 0 aromatic carbocycles. The third-order valence-electron chi connectivity index (χ3n) is 3.41. The average molecular weight is 277 g/mol. The lowest BCUT2D eigenvalue weighted by Gasteiger charge is -2.28. The Kier molecular flexibility index (Phi) is 5.28. The number of carbonyl (C=O) groups excluding carboxylic acids is 1. The Bertz CT molecular complexity index is 502. The molecule has 1 aromatic heterocycles. The van der Waals surface area contributed by atoms with Crippen molar-refractivity contribution in [2.75, 3.05) is 13.6 Å². The number of nitrogens with zero attached hydrogens (tertiary/aromatic N) is 4. The van der Waals surface area contributed by atoms with Crippen molar-refractivity contribution >= 4 is 5.91 Å². The van der Waals surface area contributed by atoms with E-state index in [-0.39, 0.29) is 18.4 Å². The van der Waals surface area contributed by atoms with E-state index >= 15 is 0 Å². The first-order chi connectivity index (χ1) is 9.26. The SMILES string of the molecule is CC(C)C(C)(C#N)NC(=O)CN(C)Cc1cnn(C)c1. The third kappa shape index (κ3) is 4.35. The lowest BCUT2D eigenvalue weighted by molar-refractivity contribution is -0.123. The molecule has 0 saturated carbocycles. The zero-order valence-corrected chi connectivity index (χ0v) is 12.8. The molecular weight excluding hydrogens is 254 g/mol. The summed E-state index contributed by atoms with van der Waals surface area (Å²) >= 11 is 0. The number of aryl methyl sites for hydroxylation is 1. The molecule has 0 aliphatic heterocycles. The number of rotatable bonds is 6. The number of hydrogen-bond donors (Lipinski definition) is 1. The Labute approximate surface area is 120 Å². The van der Waals surface area contributed by atoms with Gasteiger partial charge in [0.1, 0.15) is 5.54 Å². The lowest BCUT2D eigenvalue weighted by atomic mass is 9.90. The molecule has 0 aliphatic carbocycles. The molecule has 0 fully saturated rings. The summed E-state index contributed by atoms with van der Waals surface area (Å²) in [5.74, 6) is -0.0887.